The summed E-state index contributed by atoms with van der Waals surface area (Å²) in [4.78, 5) is 37.7. The van der Waals surface area contributed by atoms with E-state index in [2.05, 4.69) is 0 Å². The molecule has 0 radical (unpaired) electrons. The monoisotopic (exact) mass is 349 g/mol. The van der Waals surface area contributed by atoms with Crippen LogP contribution in [0.1, 0.15) is 24.8 Å². The molecule has 1 amide bonds. The van der Waals surface area contributed by atoms with Crippen molar-refractivity contribution in [1.29, 1.82) is 0 Å². The van der Waals surface area contributed by atoms with E-state index in [1.54, 1.807) is 17.0 Å². The first-order chi connectivity index (χ1) is 12.0. The van der Waals surface area contributed by atoms with Crippen LogP contribution in [0.15, 0.2) is 24.3 Å². The maximum Gasteiger partial charge on any atom is 0.347 e. The molecule has 2 atom stereocenters. The van der Waals surface area contributed by atoms with Gasteiger partial charge in [0.25, 0.3) is 0 Å². The van der Waals surface area contributed by atoms with Crippen LogP contribution in [-0.2, 0) is 30.3 Å². The van der Waals surface area contributed by atoms with Crippen LogP contribution in [0.4, 0.5) is 4.39 Å². The van der Waals surface area contributed by atoms with E-state index in [1.807, 2.05) is 0 Å². The Morgan fingerprint density at radius 2 is 2.00 bits per heavy atom. The van der Waals surface area contributed by atoms with E-state index in [-0.39, 0.29) is 31.3 Å². The smallest absolute Gasteiger partial charge is 0.347 e. The fourth-order valence-electron chi connectivity index (χ4n) is 3.11. The van der Waals surface area contributed by atoms with Crippen molar-refractivity contribution in [2.24, 2.45) is 5.92 Å². The van der Waals surface area contributed by atoms with Crippen molar-refractivity contribution >= 4 is 17.8 Å². The van der Waals surface area contributed by atoms with Crippen molar-refractivity contribution in [2.75, 3.05) is 19.7 Å². The Morgan fingerprint density at radius 3 is 2.68 bits per heavy atom. The van der Waals surface area contributed by atoms with Gasteiger partial charge in [0.15, 0.2) is 0 Å². The zero-order valence-corrected chi connectivity index (χ0v) is 13.8. The summed E-state index contributed by atoms with van der Waals surface area (Å²) in [5, 5.41) is 0. The number of carbonyl (C=O) groups is 3. The Morgan fingerprint density at radius 1 is 1.24 bits per heavy atom. The Hall–Kier alpha value is -2.44. The lowest BCUT2D eigenvalue weighted by Crippen LogP contribution is -2.44. The third-order valence-corrected chi connectivity index (χ3v) is 4.52. The molecule has 6 nitrogen and oxygen atoms in total. The van der Waals surface area contributed by atoms with Gasteiger partial charge in [0, 0.05) is 19.5 Å². The van der Waals surface area contributed by atoms with Gasteiger partial charge in [-0.3, -0.25) is 9.59 Å². The molecular formula is C18H20FNO5. The highest BCUT2D eigenvalue weighted by molar-refractivity contribution is 5.83. The van der Waals surface area contributed by atoms with Crippen LogP contribution in [0.2, 0.25) is 0 Å². The average molecular weight is 349 g/mol. The van der Waals surface area contributed by atoms with E-state index in [1.165, 1.54) is 12.1 Å². The van der Waals surface area contributed by atoms with Crippen LogP contribution in [0.5, 0.6) is 0 Å². The average Bonchev–Trinajstić information content (AvgIpc) is 3.02. The molecule has 0 saturated carbocycles. The van der Waals surface area contributed by atoms with E-state index < -0.39 is 24.0 Å². The molecule has 3 rings (SSSR count). The molecule has 2 unspecified atom stereocenters. The maximum absolute atomic E-state index is 12.9. The number of hydrogen-bond donors (Lipinski definition) is 0. The van der Waals surface area contributed by atoms with Gasteiger partial charge in [-0.1, -0.05) is 12.1 Å². The molecule has 7 heteroatoms. The summed E-state index contributed by atoms with van der Waals surface area (Å²) in [5.74, 6) is -1.84. The number of carbonyl (C=O) groups excluding carboxylic acids is 3. The number of piperidine rings is 1. The molecule has 25 heavy (non-hydrogen) atoms. The molecule has 0 aromatic heterocycles. The topological polar surface area (TPSA) is 72.9 Å². The Bertz CT molecular complexity index is 660. The quantitative estimate of drug-likeness (QED) is 0.770. The van der Waals surface area contributed by atoms with Crippen molar-refractivity contribution in [1.82, 2.24) is 4.90 Å². The number of halogens is 1. The van der Waals surface area contributed by atoms with Gasteiger partial charge < -0.3 is 14.4 Å². The summed E-state index contributed by atoms with van der Waals surface area (Å²) < 4.78 is 22.9. The molecule has 2 heterocycles. The summed E-state index contributed by atoms with van der Waals surface area (Å²) >= 11 is 0. The van der Waals surface area contributed by atoms with Crippen LogP contribution in [0.3, 0.4) is 0 Å². The Labute approximate surface area is 144 Å². The van der Waals surface area contributed by atoms with E-state index in [0.29, 0.717) is 25.8 Å². The van der Waals surface area contributed by atoms with Gasteiger partial charge in [0.1, 0.15) is 5.82 Å². The second-order valence-corrected chi connectivity index (χ2v) is 6.36. The summed E-state index contributed by atoms with van der Waals surface area (Å²) in [6.07, 6.45) is 1.05. The van der Waals surface area contributed by atoms with Crippen LogP contribution >= 0.6 is 0 Å². The molecule has 134 valence electrons. The first-order valence-electron chi connectivity index (χ1n) is 8.42. The largest absolute Gasteiger partial charge is 0.463 e. The van der Waals surface area contributed by atoms with Crippen LogP contribution in [-0.4, -0.2) is 48.5 Å². The first kappa shape index (κ1) is 17.4. The van der Waals surface area contributed by atoms with Gasteiger partial charge in [0.2, 0.25) is 12.0 Å². The lowest BCUT2D eigenvalue weighted by Gasteiger charge is -2.32. The molecule has 2 saturated heterocycles. The predicted molar refractivity (Wildman–Crippen MR) is 84.9 cm³/mol. The molecular weight excluding hydrogens is 329 g/mol. The van der Waals surface area contributed by atoms with Gasteiger partial charge >= 0.3 is 11.9 Å². The summed E-state index contributed by atoms with van der Waals surface area (Å²) in [6, 6.07) is 5.79. The predicted octanol–water partition coefficient (Wildman–Crippen LogP) is 1.47. The molecule has 2 aliphatic heterocycles. The summed E-state index contributed by atoms with van der Waals surface area (Å²) in [5.41, 5.74) is 0.727. The van der Waals surface area contributed by atoms with Crippen molar-refractivity contribution in [3.63, 3.8) is 0 Å². The zero-order chi connectivity index (χ0) is 17.8. The minimum atomic E-state index is -0.821. The second kappa shape index (κ2) is 7.63. The first-order valence-corrected chi connectivity index (χ1v) is 8.42. The van der Waals surface area contributed by atoms with Gasteiger partial charge in [0.05, 0.1) is 18.9 Å². The lowest BCUT2D eigenvalue weighted by atomic mass is 9.97. The second-order valence-electron chi connectivity index (χ2n) is 6.36. The normalized spacial score (nSPS) is 23.2. The van der Waals surface area contributed by atoms with Crippen LogP contribution < -0.4 is 0 Å². The molecule has 2 aliphatic rings. The fourth-order valence-corrected chi connectivity index (χ4v) is 3.11. The number of cyclic esters (lactones) is 1. The number of benzene rings is 1. The van der Waals surface area contributed by atoms with Crippen molar-refractivity contribution in [3.8, 4) is 0 Å². The highest BCUT2D eigenvalue weighted by Crippen LogP contribution is 2.21. The van der Waals surface area contributed by atoms with E-state index in [9.17, 15) is 18.8 Å². The third-order valence-electron chi connectivity index (χ3n) is 4.52. The minimum absolute atomic E-state index is 0.107. The van der Waals surface area contributed by atoms with E-state index in [0.717, 1.165) is 5.56 Å². The van der Waals surface area contributed by atoms with Crippen molar-refractivity contribution < 1.29 is 28.2 Å². The molecule has 0 N–H and O–H groups in total. The fraction of sp³-hybridized carbons (Fsp3) is 0.500. The Balaban J connectivity index is 1.54. The SMILES string of the molecule is O=C(OC1CCOC1=O)C1CCCN(C(=O)Cc2ccc(F)cc2)C1. The summed E-state index contributed by atoms with van der Waals surface area (Å²) in [7, 11) is 0. The minimum Gasteiger partial charge on any atom is -0.463 e. The van der Waals surface area contributed by atoms with E-state index in [4.69, 9.17) is 9.47 Å². The highest BCUT2D eigenvalue weighted by Gasteiger charge is 2.35. The summed E-state index contributed by atoms with van der Waals surface area (Å²) in [6.45, 7) is 1.12. The molecule has 0 spiro atoms. The molecule has 1 aromatic rings. The standard InChI is InChI=1S/C18H20FNO5/c19-14-5-3-12(4-6-14)10-16(21)20-8-1-2-13(11-20)17(22)25-15-7-9-24-18(15)23/h3-6,13,15H,1-2,7-11H2. The maximum atomic E-state index is 12.9. The number of esters is 2. The zero-order valence-electron chi connectivity index (χ0n) is 13.8. The molecule has 1 aromatic carbocycles. The number of ether oxygens (including phenoxy) is 2. The van der Waals surface area contributed by atoms with Gasteiger partial charge in [-0.2, -0.15) is 0 Å². The Kier molecular flexibility index (Phi) is 5.31. The third kappa shape index (κ3) is 4.35. The van der Waals surface area contributed by atoms with Gasteiger partial charge in [-0.15, -0.1) is 0 Å². The van der Waals surface area contributed by atoms with Crippen molar-refractivity contribution in [2.45, 2.75) is 31.8 Å². The van der Waals surface area contributed by atoms with Gasteiger partial charge in [-0.05, 0) is 30.5 Å². The molecule has 2 fully saturated rings. The number of likely N-dealkylation sites (tertiary alicyclic amines) is 1. The number of amides is 1. The van der Waals surface area contributed by atoms with Crippen LogP contribution in [0, 0.1) is 11.7 Å². The molecule has 0 aliphatic carbocycles. The highest BCUT2D eigenvalue weighted by atomic mass is 19.1. The van der Waals surface area contributed by atoms with E-state index >= 15 is 0 Å². The van der Waals surface area contributed by atoms with Crippen LogP contribution in [0.25, 0.3) is 0 Å². The number of nitrogens with zero attached hydrogens (tertiary/aromatic N) is 1. The number of hydrogen-bond acceptors (Lipinski definition) is 5. The molecule has 0 bridgehead atoms. The number of rotatable bonds is 4. The van der Waals surface area contributed by atoms with Crippen molar-refractivity contribution in [3.05, 3.63) is 35.6 Å². The van der Waals surface area contributed by atoms with Gasteiger partial charge in [-0.25, -0.2) is 9.18 Å². The lowest BCUT2D eigenvalue weighted by molar-refractivity contribution is -0.165.